The summed E-state index contributed by atoms with van der Waals surface area (Å²) >= 11 is 4.53. The Morgan fingerprint density at radius 1 is 0.978 bits per heavy atom. The largest absolute Gasteiger partial charge is 0.480 e. The maximum atomic E-state index is 14.8. The third-order valence-electron chi connectivity index (χ3n) is 6.47. The fourth-order valence-corrected chi connectivity index (χ4v) is 6.05. The zero-order chi connectivity index (χ0) is 32.7. The molecular formula is C30H28BrF2N5O6S. The lowest BCUT2D eigenvalue weighted by molar-refractivity contribution is 0.0600. The highest BCUT2D eigenvalue weighted by molar-refractivity contribution is 9.11. The second kappa shape index (κ2) is 14.9. The van der Waals surface area contributed by atoms with E-state index in [-0.39, 0.29) is 41.0 Å². The van der Waals surface area contributed by atoms with Crippen molar-refractivity contribution in [2.24, 2.45) is 0 Å². The molecule has 0 unspecified atom stereocenters. The number of carbonyl (C=O) groups excluding carboxylic acids is 3. The topological polar surface area (TPSA) is 123 Å². The van der Waals surface area contributed by atoms with Gasteiger partial charge in [0, 0.05) is 36.5 Å². The molecule has 0 saturated heterocycles. The van der Waals surface area contributed by atoms with Crippen molar-refractivity contribution in [3.63, 3.8) is 0 Å². The summed E-state index contributed by atoms with van der Waals surface area (Å²) in [6.07, 6.45) is -0.919. The molecule has 2 amide bonds. The molecule has 4 aromatic rings. The van der Waals surface area contributed by atoms with E-state index in [9.17, 15) is 23.2 Å². The van der Waals surface area contributed by atoms with Gasteiger partial charge in [0.15, 0.2) is 5.82 Å². The predicted octanol–water partition coefficient (Wildman–Crippen LogP) is 6.43. The van der Waals surface area contributed by atoms with Gasteiger partial charge < -0.3 is 24.4 Å². The lowest BCUT2D eigenvalue weighted by Crippen LogP contribution is -2.33. The number of benzene rings is 2. The molecule has 1 N–H and O–H groups in total. The van der Waals surface area contributed by atoms with E-state index in [1.165, 1.54) is 32.4 Å². The van der Waals surface area contributed by atoms with E-state index < -0.39 is 36.1 Å². The lowest BCUT2D eigenvalue weighted by atomic mass is 10.1. The molecule has 2 aromatic heterocycles. The minimum Gasteiger partial charge on any atom is -0.480 e. The van der Waals surface area contributed by atoms with Crippen molar-refractivity contribution in [3.05, 3.63) is 92.3 Å². The number of anilines is 3. The molecule has 4 rings (SSSR count). The average molecular weight is 705 g/mol. The number of nitrogens with one attached hydrogen (secondary N) is 1. The van der Waals surface area contributed by atoms with Gasteiger partial charge >= 0.3 is 12.1 Å². The summed E-state index contributed by atoms with van der Waals surface area (Å²) in [5.41, 5.74) is 1.01. The monoisotopic (exact) mass is 703 g/mol. The Morgan fingerprint density at radius 3 is 2.31 bits per heavy atom. The van der Waals surface area contributed by atoms with Gasteiger partial charge in [-0.15, -0.1) is 21.5 Å². The van der Waals surface area contributed by atoms with Gasteiger partial charge in [0.2, 0.25) is 5.88 Å². The number of amides is 2. The van der Waals surface area contributed by atoms with Crippen LogP contribution in [0.25, 0.3) is 0 Å². The van der Waals surface area contributed by atoms with E-state index in [1.807, 2.05) is 0 Å². The molecule has 0 bridgehead atoms. The van der Waals surface area contributed by atoms with Crippen molar-refractivity contribution in [3.8, 4) is 5.88 Å². The first-order chi connectivity index (χ1) is 21.6. The zero-order valence-electron chi connectivity index (χ0n) is 24.6. The van der Waals surface area contributed by atoms with Crippen molar-refractivity contribution in [1.82, 2.24) is 10.2 Å². The number of hydrogen-bond donors (Lipinski definition) is 1. The number of aromatic nitrogens is 2. The molecule has 0 aliphatic rings. The summed E-state index contributed by atoms with van der Waals surface area (Å²) in [7, 11) is 4.45. The molecule has 2 heterocycles. The predicted molar refractivity (Wildman–Crippen MR) is 168 cm³/mol. The number of rotatable bonds is 11. The van der Waals surface area contributed by atoms with Crippen LogP contribution in [0.2, 0.25) is 0 Å². The van der Waals surface area contributed by atoms with E-state index in [0.29, 0.717) is 20.6 Å². The van der Waals surface area contributed by atoms with Crippen LogP contribution in [0.1, 0.15) is 38.8 Å². The van der Waals surface area contributed by atoms with Crippen molar-refractivity contribution in [2.75, 3.05) is 43.0 Å². The fourth-order valence-electron chi connectivity index (χ4n) is 4.24. The average Bonchev–Trinajstić information content (AvgIpc) is 3.35. The van der Waals surface area contributed by atoms with E-state index >= 15 is 0 Å². The molecule has 0 atom stereocenters. The number of nitrogens with zero attached hydrogens (tertiary/aromatic N) is 4. The number of esters is 1. The fraction of sp³-hybridized carbons (Fsp3) is 0.233. The molecule has 236 valence electrons. The van der Waals surface area contributed by atoms with Crippen LogP contribution >= 0.6 is 27.3 Å². The van der Waals surface area contributed by atoms with Crippen LogP contribution in [0.3, 0.4) is 0 Å². The Bertz CT molecular complexity index is 1680. The molecule has 15 heteroatoms. The van der Waals surface area contributed by atoms with Crippen molar-refractivity contribution in [2.45, 2.75) is 20.0 Å². The first kappa shape index (κ1) is 33.3. The number of hydrogen-bond acceptors (Lipinski definition) is 10. The van der Waals surface area contributed by atoms with E-state index in [4.69, 9.17) is 14.2 Å². The first-order valence-corrected chi connectivity index (χ1v) is 15.0. The van der Waals surface area contributed by atoms with E-state index in [1.54, 1.807) is 43.1 Å². The summed E-state index contributed by atoms with van der Waals surface area (Å²) in [6.45, 7) is 1.09. The quantitative estimate of drug-likeness (QED) is 0.176. The molecule has 45 heavy (non-hydrogen) atoms. The number of methoxy groups -OCH3 is 2. The number of halogens is 3. The molecule has 11 nitrogen and oxygen atoms in total. The third kappa shape index (κ3) is 7.72. The number of ether oxygens (including phenoxy) is 3. The second-order valence-electron chi connectivity index (χ2n) is 9.33. The molecule has 0 fully saturated rings. The Morgan fingerprint density at radius 2 is 1.69 bits per heavy atom. The molecule has 0 radical (unpaired) electrons. The van der Waals surface area contributed by atoms with Gasteiger partial charge in [-0.25, -0.2) is 18.4 Å². The summed E-state index contributed by atoms with van der Waals surface area (Å²) in [6, 6.07) is 13.0. The maximum Gasteiger partial charge on any atom is 0.415 e. The van der Waals surface area contributed by atoms with E-state index in [0.717, 1.165) is 28.4 Å². The molecular weight excluding hydrogens is 676 g/mol. The smallest absolute Gasteiger partial charge is 0.415 e. The van der Waals surface area contributed by atoms with Gasteiger partial charge in [-0.05, 0) is 59.3 Å². The Labute approximate surface area is 269 Å². The molecule has 0 saturated carbocycles. The number of thiophene rings is 1. The summed E-state index contributed by atoms with van der Waals surface area (Å²) in [5, 5.41) is 10.6. The van der Waals surface area contributed by atoms with Crippen LogP contribution < -0.4 is 19.9 Å². The van der Waals surface area contributed by atoms with Gasteiger partial charge in [0.25, 0.3) is 5.91 Å². The van der Waals surface area contributed by atoms with Crippen LogP contribution in [0.5, 0.6) is 5.88 Å². The molecule has 0 spiro atoms. The maximum absolute atomic E-state index is 14.8. The Kier molecular flexibility index (Phi) is 11.0. The van der Waals surface area contributed by atoms with Gasteiger partial charge in [0.1, 0.15) is 16.6 Å². The van der Waals surface area contributed by atoms with Gasteiger partial charge in [-0.1, -0.05) is 12.1 Å². The Hall–Kier alpha value is -4.63. The summed E-state index contributed by atoms with van der Waals surface area (Å²) < 4.78 is 45.1. The minimum atomic E-state index is -0.919. The number of carbonyl (C=O) groups is 3. The summed E-state index contributed by atoms with van der Waals surface area (Å²) in [5.74, 6) is -2.63. The highest BCUT2D eigenvalue weighted by Crippen LogP contribution is 2.42. The minimum absolute atomic E-state index is 0.0188. The summed E-state index contributed by atoms with van der Waals surface area (Å²) in [4.78, 5) is 42.2. The van der Waals surface area contributed by atoms with E-state index in [2.05, 4.69) is 31.4 Å². The second-order valence-corrected chi connectivity index (χ2v) is 11.6. The highest BCUT2D eigenvalue weighted by Gasteiger charge is 2.32. The standard InChI is InChI=1S/C30H28BrF2N5O6S/c1-5-44-30(41)38(16-19-21(32)10-7-11-22(19)33)28-25(27(39)34-23-12-13-24(42-3)36-35-23)20(26(31)45-28)15-37(2)18-9-6-8-17(14-18)29(40)43-4/h6-14H,5,15-16H2,1-4H3,(H,34,35,39). The Balaban J connectivity index is 1.82. The zero-order valence-corrected chi connectivity index (χ0v) is 27.0. The van der Waals surface area contributed by atoms with Crippen LogP contribution in [-0.2, 0) is 22.6 Å². The van der Waals surface area contributed by atoms with Crippen LogP contribution in [0, 0.1) is 11.6 Å². The lowest BCUT2D eigenvalue weighted by Gasteiger charge is -2.24. The van der Waals surface area contributed by atoms with Crippen LogP contribution in [0.4, 0.5) is 30.1 Å². The van der Waals surface area contributed by atoms with Gasteiger partial charge in [-0.3, -0.25) is 9.69 Å². The molecule has 0 aliphatic carbocycles. The molecule has 0 aliphatic heterocycles. The van der Waals surface area contributed by atoms with Crippen molar-refractivity contribution in [1.29, 1.82) is 0 Å². The van der Waals surface area contributed by atoms with Crippen LogP contribution in [0.15, 0.2) is 58.4 Å². The van der Waals surface area contributed by atoms with Crippen molar-refractivity contribution < 1.29 is 37.4 Å². The van der Waals surface area contributed by atoms with Gasteiger partial charge in [0.05, 0.1) is 42.3 Å². The van der Waals surface area contributed by atoms with Crippen molar-refractivity contribution >= 4 is 61.7 Å². The first-order valence-electron chi connectivity index (χ1n) is 13.3. The SMILES string of the molecule is CCOC(=O)N(Cc1c(F)cccc1F)c1sc(Br)c(CN(C)c2cccc(C(=O)OC)c2)c1C(=O)Nc1ccc(OC)nn1. The molecule has 2 aromatic carbocycles. The normalized spacial score (nSPS) is 10.6. The third-order valence-corrected chi connectivity index (χ3v) is 8.48. The van der Waals surface area contributed by atoms with Crippen LogP contribution in [-0.4, -0.2) is 56.0 Å². The van der Waals surface area contributed by atoms with Gasteiger partial charge in [-0.2, -0.15) is 0 Å². The highest BCUT2D eigenvalue weighted by atomic mass is 79.9.